The fourth-order valence-electron chi connectivity index (χ4n) is 7.64. The van der Waals surface area contributed by atoms with Gasteiger partial charge < -0.3 is 5.11 Å². The third-order valence-corrected chi connectivity index (χ3v) is 9.58. The fraction of sp³-hybridized carbons (Fsp3) is 0.833. The number of aliphatic hydroxyl groups excluding tert-OH is 1. The molecule has 1 fully saturated rings. The molecule has 1 heteroatoms. The third-order valence-electron chi connectivity index (χ3n) is 9.58. The van der Waals surface area contributed by atoms with Crippen molar-refractivity contribution in [3.63, 3.8) is 0 Å². The number of allylic oxidation sites excluding steroid dienone is 4. The van der Waals surface area contributed by atoms with Crippen molar-refractivity contribution in [3.05, 3.63) is 22.8 Å². The molecule has 4 aliphatic rings. The van der Waals surface area contributed by atoms with Gasteiger partial charge in [-0.25, -0.2) is 0 Å². The molecule has 6 atom stereocenters. The zero-order chi connectivity index (χ0) is 18.2. The van der Waals surface area contributed by atoms with Crippen molar-refractivity contribution in [2.24, 2.45) is 34.0 Å². The van der Waals surface area contributed by atoms with E-state index in [4.69, 9.17) is 0 Å². The lowest BCUT2D eigenvalue weighted by atomic mass is 9.45. The number of hydrogen-bond acceptors (Lipinski definition) is 1. The quantitative estimate of drug-likeness (QED) is 0.594. The molecule has 25 heavy (non-hydrogen) atoms. The van der Waals surface area contributed by atoms with Crippen LogP contribution in [0.2, 0.25) is 0 Å². The van der Waals surface area contributed by atoms with Crippen LogP contribution in [0.5, 0.6) is 0 Å². The summed E-state index contributed by atoms with van der Waals surface area (Å²) in [4.78, 5) is 0. The van der Waals surface area contributed by atoms with Crippen molar-refractivity contribution in [1.29, 1.82) is 0 Å². The lowest BCUT2D eigenvalue weighted by Crippen LogP contribution is -2.50. The summed E-state index contributed by atoms with van der Waals surface area (Å²) in [5, 5.41) is 10.3. The van der Waals surface area contributed by atoms with Crippen molar-refractivity contribution in [2.75, 3.05) is 0 Å². The molecule has 1 N–H and O–H groups in total. The molecule has 1 saturated carbocycles. The summed E-state index contributed by atoms with van der Waals surface area (Å²) in [5.41, 5.74) is 6.26. The fourth-order valence-corrected chi connectivity index (χ4v) is 7.64. The molecule has 6 unspecified atom stereocenters. The van der Waals surface area contributed by atoms with E-state index in [0.717, 1.165) is 18.3 Å². The maximum absolute atomic E-state index is 10.3. The summed E-state index contributed by atoms with van der Waals surface area (Å²) in [6, 6.07) is 0. The Hall–Kier alpha value is -0.560. The highest BCUT2D eigenvalue weighted by Gasteiger charge is 2.56. The first-order valence-electron chi connectivity index (χ1n) is 10.7. The van der Waals surface area contributed by atoms with Gasteiger partial charge in [0.25, 0.3) is 0 Å². The molecule has 0 amide bonds. The van der Waals surface area contributed by atoms with Crippen LogP contribution in [0.1, 0.15) is 86.5 Å². The van der Waals surface area contributed by atoms with Gasteiger partial charge in [0.1, 0.15) is 0 Å². The van der Waals surface area contributed by atoms with Crippen molar-refractivity contribution in [3.8, 4) is 0 Å². The summed E-state index contributed by atoms with van der Waals surface area (Å²) < 4.78 is 0. The minimum absolute atomic E-state index is 0.192. The Morgan fingerprint density at radius 3 is 2.44 bits per heavy atom. The van der Waals surface area contributed by atoms with Crippen LogP contribution in [0, 0.1) is 34.0 Å². The van der Waals surface area contributed by atoms with Gasteiger partial charge in [0, 0.05) is 0 Å². The number of aliphatic hydroxyl groups is 1. The summed E-state index contributed by atoms with van der Waals surface area (Å²) >= 11 is 0. The van der Waals surface area contributed by atoms with E-state index in [1.54, 1.807) is 11.1 Å². The third kappa shape index (κ3) is 2.23. The molecule has 0 aromatic rings. The molecule has 1 nitrogen and oxygen atoms in total. The molecule has 0 saturated heterocycles. The maximum atomic E-state index is 10.3. The van der Waals surface area contributed by atoms with Crippen LogP contribution in [-0.4, -0.2) is 11.2 Å². The number of rotatable bonds is 1. The van der Waals surface area contributed by atoms with Crippen LogP contribution in [0.15, 0.2) is 22.8 Å². The van der Waals surface area contributed by atoms with Gasteiger partial charge >= 0.3 is 0 Å². The zero-order valence-electron chi connectivity index (χ0n) is 17.3. The van der Waals surface area contributed by atoms with Gasteiger partial charge in [0.2, 0.25) is 0 Å². The second kappa shape index (κ2) is 5.47. The second-order valence-electron chi connectivity index (χ2n) is 10.8. The molecule has 4 aliphatic carbocycles. The average Bonchev–Trinajstić information content (AvgIpc) is 2.89. The highest BCUT2D eigenvalue weighted by molar-refractivity contribution is 5.49. The Kier molecular flexibility index (Phi) is 3.90. The Bertz CT molecular complexity index is 636. The van der Waals surface area contributed by atoms with Crippen LogP contribution in [-0.2, 0) is 0 Å². The summed E-state index contributed by atoms with van der Waals surface area (Å²) in [5.74, 6) is 2.10. The van der Waals surface area contributed by atoms with Gasteiger partial charge in [0.15, 0.2) is 0 Å². The molecular formula is C24H38O. The van der Waals surface area contributed by atoms with Crippen molar-refractivity contribution in [2.45, 2.75) is 92.6 Å². The highest BCUT2D eigenvalue weighted by Crippen LogP contribution is 2.67. The van der Waals surface area contributed by atoms with E-state index in [0.29, 0.717) is 16.7 Å². The normalized spacial score (nSPS) is 46.8. The van der Waals surface area contributed by atoms with Gasteiger partial charge in [-0.2, -0.15) is 0 Å². The predicted octanol–water partition coefficient (Wildman–Crippen LogP) is 6.28. The minimum Gasteiger partial charge on any atom is -0.393 e. The topological polar surface area (TPSA) is 20.2 Å². The summed E-state index contributed by atoms with van der Waals surface area (Å²) in [7, 11) is 0. The van der Waals surface area contributed by atoms with Gasteiger partial charge in [0.05, 0.1) is 6.10 Å². The Balaban J connectivity index is 1.76. The van der Waals surface area contributed by atoms with E-state index in [9.17, 15) is 5.11 Å². The first-order chi connectivity index (χ1) is 11.6. The molecule has 0 radical (unpaired) electrons. The standard InChI is InChI=1S/C24H38O/c1-15-11-13-24(6)20-12-14-23(5)18(16(2)25)8-9-19(23)17(20)7-10-21(24)22(15,3)4/h9,15-16,18,21,25H,7-8,10-14H2,1-6H3. The lowest BCUT2D eigenvalue weighted by Gasteiger charge is -2.59. The molecule has 0 aromatic heterocycles. The molecule has 0 aromatic carbocycles. The second-order valence-corrected chi connectivity index (χ2v) is 10.8. The van der Waals surface area contributed by atoms with Gasteiger partial charge in [-0.3, -0.25) is 0 Å². The highest BCUT2D eigenvalue weighted by atomic mass is 16.3. The van der Waals surface area contributed by atoms with Crippen LogP contribution in [0.25, 0.3) is 0 Å². The van der Waals surface area contributed by atoms with E-state index in [2.05, 4.69) is 40.7 Å². The molecular weight excluding hydrogens is 304 g/mol. The zero-order valence-corrected chi connectivity index (χ0v) is 17.3. The van der Waals surface area contributed by atoms with Crippen LogP contribution in [0.4, 0.5) is 0 Å². The molecule has 0 heterocycles. The first kappa shape index (κ1) is 17.8. The van der Waals surface area contributed by atoms with Gasteiger partial charge in [-0.1, -0.05) is 46.3 Å². The van der Waals surface area contributed by atoms with E-state index in [-0.39, 0.29) is 11.5 Å². The van der Waals surface area contributed by atoms with Crippen LogP contribution < -0.4 is 0 Å². The lowest BCUT2D eigenvalue weighted by molar-refractivity contribution is -0.0346. The van der Waals surface area contributed by atoms with Gasteiger partial charge in [-0.05, 0) is 97.0 Å². The number of fused-ring (bicyclic) bond motifs is 4. The minimum atomic E-state index is -0.192. The molecule has 0 aliphatic heterocycles. The number of hydrogen-bond donors (Lipinski definition) is 1. The molecule has 0 spiro atoms. The monoisotopic (exact) mass is 342 g/mol. The summed E-state index contributed by atoms with van der Waals surface area (Å²) in [6.07, 6.45) is 11.3. The SMILES string of the molecule is CC(O)C1CC=C2C3=C(CCC21C)C1(C)CCC(C)C(C)(C)C1CC3. The Labute approximate surface area is 155 Å². The summed E-state index contributed by atoms with van der Waals surface area (Å²) in [6.45, 7) is 14.6. The largest absolute Gasteiger partial charge is 0.393 e. The smallest absolute Gasteiger partial charge is 0.0551 e. The van der Waals surface area contributed by atoms with Crippen molar-refractivity contribution < 1.29 is 5.11 Å². The maximum Gasteiger partial charge on any atom is 0.0551 e. The van der Waals surface area contributed by atoms with E-state index < -0.39 is 0 Å². The predicted molar refractivity (Wildman–Crippen MR) is 105 cm³/mol. The van der Waals surface area contributed by atoms with Crippen LogP contribution in [0.3, 0.4) is 0 Å². The van der Waals surface area contributed by atoms with E-state index in [1.165, 1.54) is 38.5 Å². The Morgan fingerprint density at radius 1 is 1.04 bits per heavy atom. The van der Waals surface area contributed by atoms with Crippen molar-refractivity contribution >= 4 is 0 Å². The first-order valence-corrected chi connectivity index (χ1v) is 10.7. The van der Waals surface area contributed by atoms with Crippen LogP contribution >= 0.6 is 0 Å². The molecule has 0 bridgehead atoms. The Morgan fingerprint density at radius 2 is 1.76 bits per heavy atom. The van der Waals surface area contributed by atoms with E-state index in [1.807, 2.05) is 12.5 Å². The van der Waals surface area contributed by atoms with Crippen molar-refractivity contribution in [1.82, 2.24) is 0 Å². The molecule has 4 rings (SSSR count). The average molecular weight is 343 g/mol. The van der Waals surface area contributed by atoms with Gasteiger partial charge in [-0.15, -0.1) is 0 Å². The van der Waals surface area contributed by atoms with E-state index >= 15 is 0 Å². The molecule has 140 valence electrons.